The first-order valence-electron chi connectivity index (χ1n) is 16.8. The summed E-state index contributed by atoms with van der Waals surface area (Å²) in [5, 5.41) is 71.8. The Hall–Kier alpha value is -1.03. The van der Waals surface area contributed by atoms with Crippen molar-refractivity contribution in [3.63, 3.8) is 0 Å². The minimum atomic E-state index is -1.63. The number of allylic oxidation sites excluding steroid dienone is 1. The quantitative estimate of drug-likeness (QED) is 0.187. The van der Waals surface area contributed by atoms with Crippen molar-refractivity contribution < 1.29 is 59.5 Å². The highest BCUT2D eigenvalue weighted by Crippen LogP contribution is 2.66. The first-order valence-corrected chi connectivity index (χ1v) is 16.8. The van der Waals surface area contributed by atoms with E-state index in [0.717, 1.165) is 44.9 Å². The Labute approximate surface area is 264 Å². The molecule has 0 spiro atoms. The molecule has 0 radical (unpaired) electrons. The van der Waals surface area contributed by atoms with E-state index >= 15 is 0 Å². The van der Waals surface area contributed by atoms with Crippen LogP contribution in [0.5, 0.6) is 0 Å². The highest BCUT2D eigenvalue weighted by atomic mass is 16.7. The standard InChI is InChI=1S/C33H52O12/c1-15(35)19-6-7-20-18-5-4-16-12-17(8-10-32(16,2)21(18)9-11-33(19,20)3)43-31-29(41)27(39)25(37)23(45-31)14-42-30-28(40)26(38)24(36)22(13-34)44-30/h4,17-31,34,36-41H,5-14H2,1-3H3/t17-,18-,19+,20-,21-,22+,23+,24+,25+,26-,27-,28+,29+,30+,31+,32-,33+/m0/s1. The van der Waals surface area contributed by atoms with Crippen molar-refractivity contribution in [3.8, 4) is 0 Å². The van der Waals surface area contributed by atoms with Gasteiger partial charge in [-0.05, 0) is 86.9 Å². The number of Topliss-reactive ketones (excluding diaryl/α,β-unsaturated/α-hetero) is 1. The van der Waals surface area contributed by atoms with Crippen molar-refractivity contribution in [2.75, 3.05) is 13.2 Å². The van der Waals surface area contributed by atoms with Crippen LogP contribution in [0.3, 0.4) is 0 Å². The molecular weight excluding hydrogens is 588 g/mol. The second-order valence-electron chi connectivity index (χ2n) is 15.1. The second-order valence-corrected chi connectivity index (χ2v) is 15.1. The van der Waals surface area contributed by atoms with Crippen molar-refractivity contribution >= 4 is 5.78 Å². The van der Waals surface area contributed by atoms with E-state index in [2.05, 4.69) is 19.9 Å². The third-order valence-electron chi connectivity index (χ3n) is 12.8. The summed E-state index contributed by atoms with van der Waals surface area (Å²) in [7, 11) is 0. The molecular formula is C33H52O12. The molecule has 0 aromatic heterocycles. The molecule has 12 nitrogen and oxygen atoms in total. The maximum atomic E-state index is 12.5. The smallest absolute Gasteiger partial charge is 0.186 e. The number of ketones is 1. The predicted molar refractivity (Wildman–Crippen MR) is 157 cm³/mol. The van der Waals surface area contributed by atoms with Crippen LogP contribution >= 0.6 is 0 Å². The highest BCUT2D eigenvalue weighted by Gasteiger charge is 2.59. The molecule has 2 aliphatic heterocycles. The molecule has 2 saturated heterocycles. The molecule has 0 amide bonds. The molecule has 4 aliphatic carbocycles. The number of hydrogen-bond acceptors (Lipinski definition) is 12. The summed E-state index contributed by atoms with van der Waals surface area (Å²) in [5.41, 5.74) is 1.50. The number of hydrogen-bond donors (Lipinski definition) is 7. The fourth-order valence-electron chi connectivity index (χ4n) is 10.2. The minimum absolute atomic E-state index is 0.0436. The Kier molecular flexibility index (Phi) is 9.61. The van der Waals surface area contributed by atoms with Crippen molar-refractivity contribution in [2.24, 2.45) is 34.5 Å². The molecule has 0 bridgehead atoms. The lowest BCUT2D eigenvalue weighted by Gasteiger charge is -2.58. The number of carbonyl (C=O) groups is 1. The summed E-state index contributed by atoms with van der Waals surface area (Å²) in [5.74, 6) is 2.20. The maximum Gasteiger partial charge on any atom is 0.186 e. The SMILES string of the molecule is CC(=O)[C@H]1CC[C@H]2[C@@H]3CC=C4C[C@@H](O[C@@H]5O[C@H](CO[C@@H]6O[C@H](CO)[C@@H](O)[C@H](O)[C@H]6O)[C@@H](O)[C@H](O)[C@H]5O)CC[C@]4(C)[C@H]3CC[C@]12C. The molecule has 3 saturated carbocycles. The number of aliphatic hydroxyl groups excluding tert-OH is 7. The summed E-state index contributed by atoms with van der Waals surface area (Å²) in [4.78, 5) is 12.5. The van der Waals surface area contributed by atoms with E-state index in [-0.39, 0.29) is 22.9 Å². The van der Waals surface area contributed by atoms with Gasteiger partial charge in [-0.1, -0.05) is 25.5 Å². The average Bonchev–Trinajstić information content (AvgIpc) is 3.38. The Balaban J connectivity index is 1.09. The Morgan fingerprint density at radius 3 is 2.20 bits per heavy atom. The average molecular weight is 641 g/mol. The van der Waals surface area contributed by atoms with Gasteiger partial charge < -0.3 is 54.7 Å². The molecule has 12 heteroatoms. The van der Waals surface area contributed by atoms with Gasteiger partial charge in [0.05, 0.1) is 19.3 Å². The number of aliphatic hydroxyl groups is 7. The molecule has 6 rings (SSSR count). The van der Waals surface area contributed by atoms with E-state index in [0.29, 0.717) is 30.0 Å². The van der Waals surface area contributed by atoms with Crippen LogP contribution in [0.4, 0.5) is 0 Å². The fraction of sp³-hybridized carbons (Fsp3) is 0.909. The van der Waals surface area contributed by atoms with Crippen LogP contribution < -0.4 is 0 Å². The summed E-state index contributed by atoms with van der Waals surface area (Å²) < 4.78 is 23.1. The first kappa shape index (κ1) is 33.9. The van der Waals surface area contributed by atoms with Crippen LogP contribution in [0, 0.1) is 34.5 Å². The Morgan fingerprint density at radius 2 is 1.51 bits per heavy atom. The molecule has 5 fully saturated rings. The van der Waals surface area contributed by atoms with Crippen molar-refractivity contribution in [3.05, 3.63) is 11.6 Å². The zero-order chi connectivity index (χ0) is 32.4. The number of fused-ring (bicyclic) bond motifs is 5. The zero-order valence-corrected chi connectivity index (χ0v) is 26.5. The van der Waals surface area contributed by atoms with Gasteiger partial charge in [-0.15, -0.1) is 0 Å². The van der Waals surface area contributed by atoms with Crippen LogP contribution in [0.1, 0.15) is 72.1 Å². The highest BCUT2D eigenvalue weighted by molar-refractivity contribution is 5.79. The van der Waals surface area contributed by atoms with Gasteiger partial charge in [0.2, 0.25) is 0 Å². The summed E-state index contributed by atoms with van der Waals surface area (Å²) >= 11 is 0. The van der Waals surface area contributed by atoms with E-state index in [1.807, 2.05) is 0 Å². The summed E-state index contributed by atoms with van der Waals surface area (Å²) in [6.45, 7) is 5.47. The summed E-state index contributed by atoms with van der Waals surface area (Å²) in [6.07, 6.45) is -4.65. The molecule has 0 aromatic carbocycles. The van der Waals surface area contributed by atoms with Gasteiger partial charge in [0, 0.05) is 5.92 Å². The van der Waals surface area contributed by atoms with Crippen LogP contribution in [-0.2, 0) is 23.7 Å². The van der Waals surface area contributed by atoms with Gasteiger partial charge in [0.25, 0.3) is 0 Å². The van der Waals surface area contributed by atoms with Gasteiger partial charge in [0.1, 0.15) is 54.6 Å². The lowest BCUT2D eigenvalue weighted by Crippen LogP contribution is -2.62. The Bertz CT molecular complexity index is 1120. The van der Waals surface area contributed by atoms with Gasteiger partial charge in [0.15, 0.2) is 12.6 Å². The van der Waals surface area contributed by atoms with Crippen molar-refractivity contribution in [1.82, 2.24) is 0 Å². The lowest BCUT2D eigenvalue weighted by molar-refractivity contribution is -0.336. The van der Waals surface area contributed by atoms with Crippen LogP contribution in [0.2, 0.25) is 0 Å². The van der Waals surface area contributed by atoms with Crippen LogP contribution in [0.15, 0.2) is 11.6 Å². The molecule has 7 N–H and O–H groups in total. The molecule has 2 heterocycles. The van der Waals surface area contributed by atoms with E-state index in [4.69, 9.17) is 18.9 Å². The van der Waals surface area contributed by atoms with Gasteiger partial charge in [-0.25, -0.2) is 0 Å². The van der Waals surface area contributed by atoms with Gasteiger partial charge in [-0.2, -0.15) is 0 Å². The third-order valence-corrected chi connectivity index (χ3v) is 12.8. The van der Waals surface area contributed by atoms with Gasteiger partial charge >= 0.3 is 0 Å². The van der Waals surface area contributed by atoms with Gasteiger partial charge in [-0.3, -0.25) is 4.79 Å². The number of rotatable bonds is 7. The normalized spacial score (nSPS) is 53.2. The van der Waals surface area contributed by atoms with E-state index < -0.39 is 74.6 Å². The lowest BCUT2D eigenvalue weighted by atomic mass is 9.47. The molecule has 6 aliphatic rings. The molecule has 45 heavy (non-hydrogen) atoms. The monoisotopic (exact) mass is 640 g/mol. The second kappa shape index (κ2) is 12.8. The maximum absolute atomic E-state index is 12.5. The first-order chi connectivity index (χ1) is 21.3. The fourth-order valence-corrected chi connectivity index (χ4v) is 10.2. The van der Waals surface area contributed by atoms with E-state index in [1.54, 1.807) is 6.92 Å². The summed E-state index contributed by atoms with van der Waals surface area (Å²) in [6, 6.07) is 0. The topological polar surface area (TPSA) is 196 Å². The van der Waals surface area contributed by atoms with E-state index in [9.17, 15) is 40.5 Å². The number of carbonyl (C=O) groups excluding carboxylic acids is 1. The largest absolute Gasteiger partial charge is 0.394 e. The predicted octanol–water partition coefficient (Wildman–Crippen LogP) is 0.164. The van der Waals surface area contributed by atoms with Crippen LogP contribution in [-0.4, -0.2) is 122 Å². The van der Waals surface area contributed by atoms with Crippen molar-refractivity contribution in [2.45, 2.75) is 140 Å². The van der Waals surface area contributed by atoms with Crippen LogP contribution in [0.25, 0.3) is 0 Å². The zero-order valence-electron chi connectivity index (χ0n) is 26.5. The molecule has 256 valence electrons. The molecule has 0 aromatic rings. The number of ether oxygens (including phenoxy) is 4. The van der Waals surface area contributed by atoms with Crippen molar-refractivity contribution in [1.29, 1.82) is 0 Å². The molecule has 17 atom stereocenters. The Morgan fingerprint density at radius 1 is 0.844 bits per heavy atom. The molecule has 0 unspecified atom stereocenters. The third kappa shape index (κ3) is 5.75. The minimum Gasteiger partial charge on any atom is -0.394 e. The van der Waals surface area contributed by atoms with E-state index in [1.165, 1.54) is 5.57 Å².